The van der Waals surface area contributed by atoms with Crippen molar-refractivity contribution in [3.63, 3.8) is 0 Å². The fourth-order valence-corrected chi connectivity index (χ4v) is 0.813. The Morgan fingerprint density at radius 1 is 1.36 bits per heavy atom. The minimum atomic E-state index is -0.863. The van der Waals surface area contributed by atoms with Crippen molar-refractivity contribution in [2.24, 2.45) is 0 Å². The van der Waals surface area contributed by atoms with Crippen LogP contribution in [0.1, 0.15) is 15.9 Å². The first-order valence-electron chi connectivity index (χ1n) is 3.01. The number of carbonyl (C=O) groups is 1. The van der Waals surface area contributed by atoms with Crippen molar-refractivity contribution in [1.29, 1.82) is 0 Å². The number of hydrogen-bond acceptors (Lipinski definition) is 1. The molecule has 2 nitrogen and oxygen atoms in total. The minimum absolute atomic E-state index is 0. The van der Waals surface area contributed by atoms with E-state index in [0.29, 0.717) is 5.56 Å². The second-order valence-corrected chi connectivity index (χ2v) is 2.12. The van der Waals surface area contributed by atoms with Crippen LogP contribution in [0.15, 0.2) is 24.3 Å². The molecule has 0 aromatic heterocycles. The van der Waals surface area contributed by atoms with Gasteiger partial charge < -0.3 is 5.11 Å². The van der Waals surface area contributed by atoms with E-state index in [4.69, 9.17) is 5.11 Å². The van der Waals surface area contributed by atoms with Crippen molar-refractivity contribution in [2.45, 2.75) is 6.92 Å². The maximum Gasteiger partial charge on any atom is 0.335 e. The van der Waals surface area contributed by atoms with E-state index in [2.05, 4.69) is 0 Å². The Balaban J connectivity index is 0.000001000. The van der Waals surface area contributed by atoms with E-state index in [0.717, 1.165) is 5.56 Å². The third kappa shape index (κ3) is 2.58. The fourth-order valence-electron chi connectivity index (χ4n) is 0.813. The van der Waals surface area contributed by atoms with Crippen molar-refractivity contribution >= 4 is 31.8 Å². The average molecular weight is 251 g/mol. The molecule has 0 fully saturated rings. The Morgan fingerprint density at radius 3 is 2.27 bits per heavy atom. The smallest absolute Gasteiger partial charge is 0.335 e. The zero-order valence-electron chi connectivity index (χ0n) is 6.24. The van der Waals surface area contributed by atoms with Gasteiger partial charge in [0.2, 0.25) is 0 Å². The van der Waals surface area contributed by atoms with E-state index in [1.54, 1.807) is 25.1 Å². The molecule has 11 heavy (non-hydrogen) atoms. The summed E-state index contributed by atoms with van der Waals surface area (Å²) in [7, 11) is 0. The number of rotatable bonds is 1. The molecule has 55 valence electrons. The van der Waals surface area contributed by atoms with E-state index in [-0.39, 0.29) is 25.8 Å². The molecule has 1 aromatic carbocycles. The maximum atomic E-state index is 10.4. The Morgan fingerprint density at radius 2 is 1.91 bits per heavy atom. The number of benzene rings is 1. The summed E-state index contributed by atoms with van der Waals surface area (Å²) in [5.41, 5.74) is 1.18. The van der Waals surface area contributed by atoms with Gasteiger partial charge in [0.15, 0.2) is 0 Å². The van der Waals surface area contributed by atoms with E-state index in [1.165, 1.54) is 0 Å². The molecular formula is C8H8InO2. The topological polar surface area (TPSA) is 37.3 Å². The van der Waals surface area contributed by atoms with Crippen LogP contribution in [0.25, 0.3) is 0 Å². The van der Waals surface area contributed by atoms with Gasteiger partial charge in [0.1, 0.15) is 0 Å². The zero-order valence-corrected chi connectivity index (χ0v) is 9.54. The van der Waals surface area contributed by atoms with E-state index < -0.39 is 5.97 Å². The zero-order chi connectivity index (χ0) is 7.56. The van der Waals surface area contributed by atoms with E-state index in [9.17, 15) is 4.79 Å². The molecule has 0 atom stereocenters. The maximum absolute atomic E-state index is 10.4. The van der Waals surface area contributed by atoms with E-state index in [1.807, 2.05) is 6.07 Å². The molecule has 3 heteroatoms. The first kappa shape index (κ1) is 10.6. The molecule has 0 unspecified atom stereocenters. The molecule has 0 aliphatic heterocycles. The van der Waals surface area contributed by atoms with Crippen LogP contribution in [0.4, 0.5) is 0 Å². The van der Waals surface area contributed by atoms with Gasteiger partial charge in [-0.05, 0) is 18.6 Å². The first-order chi connectivity index (χ1) is 4.72. The molecule has 0 spiro atoms. The third-order valence-electron chi connectivity index (χ3n) is 1.38. The molecule has 1 rings (SSSR count). The molecule has 0 bridgehead atoms. The monoisotopic (exact) mass is 251 g/mol. The van der Waals surface area contributed by atoms with Gasteiger partial charge in [0.25, 0.3) is 0 Å². The van der Waals surface area contributed by atoms with Gasteiger partial charge in [-0.2, -0.15) is 0 Å². The number of carboxylic acids is 1. The van der Waals surface area contributed by atoms with Gasteiger partial charge >= 0.3 is 5.97 Å². The number of carboxylic acid groups (broad SMARTS) is 1. The quantitative estimate of drug-likeness (QED) is 0.817. The Kier molecular flexibility index (Phi) is 4.26. The van der Waals surface area contributed by atoms with Crippen LogP contribution in [-0.2, 0) is 0 Å². The minimum Gasteiger partial charge on any atom is -0.478 e. The molecule has 0 aliphatic carbocycles. The van der Waals surface area contributed by atoms with Crippen LogP contribution in [0.2, 0.25) is 0 Å². The average Bonchev–Trinajstić information content (AvgIpc) is 1.88. The molecule has 0 saturated heterocycles. The number of hydrogen-bond donors (Lipinski definition) is 1. The summed E-state index contributed by atoms with van der Waals surface area (Å²) in [5, 5.41) is 8.57. The van der Waals surface area contributed by atoms with Gasteiger partial charge in [0, 0.05) is 25.8 Å². The molecule has 3 radical (unpaired) electrons. The van der Waals surface area contributed by atoms with Gasteiger partial charge in [-0.1, -0.05) is 18.2 Å². The van der Waals surface area contributed by atoms with Crippen LogP contribution in [0.3, 0.4) is 0 Å². The van der Waals surface area contributed by atoms with Gasteiger partial charge in [-0.3, -0.25) is 0 Å². The molecule has 0 saturated carbocycles. The van der Waals surface area contributed by atoms with Gasteiger partial charge in [-0.25, -0.2) is 4.79 Å². The SMILES string of the molecule is Cc1ccccc1C(=O)O.[In]. The van der Waals surface area contributed by atoms with Crippen molar-refractivity contribution in [2.75, 3.05) is 0 Å². The third-order valence-corrected chi connectivity index (χ3v) is 1.38. The Bertz CT molecular complexity index is 258. The second kappa shape index (κ2) is 4.44. The summed E-state index contributed by atoms with van der Waals surface area (Å²) in [5.74, 6) is -0.863. The molecular weight excluding hydrogens is 243 g/mol. The van der Waals surface area contributed by atoms with E-state index >= 15 is 0 Å². The summed E-state index contributed by atoms with van der Waals surface area (Å²) >= 11 is 0. The molecule has 0 heterocycles. The van der Waals surface area contributed by atoms with Crippen LogP contribution >= 0.6 is 0 Å². The summed E-state index contributed by atoms with van der Waals surface area (Å²) in [6.07, 6.45) is 0. The summed E-state index contributed by atoms with van der Waals surface area (Å²) in [6.45, 7) is 1.78. The van der Waals surface area contributed by atoms with Crippen molar-refractivity contribution in [1.82, 2.24) is 0 Å². The van der Waals surface area contributed by atoms with Crippen molar-refractivity contribution in [3.05, 3.63) is 35.4 Å². The molecule has 1 aromatic rings. The van der Waals surface area contributed by atoms with Crippen LogP contribution in [-0.4, -0.2) is 36.9 Å². The van der Waals surface area contributed by atoms with Crippen LogP contribution in [0, 0.1) is 6.92 Å². The van der Waals surface area contributed by atoms with Gasteiger partial charge in [-0.15, -0.1) is 0 Å². The van der Waals surface area contributed by atoms with Crippen LogP contribution in [0.5, 0.6) is 0 Å². The second-order valence-electron chi connectivity index (χ2n) is 2.12. The standard InChI is InChI=1S/C8H8O2.In/c1-6-4-2-3-5-7(6)8(9)10;/h2-5H,1H3,(H,9,10);. The number of aryl methyl sites for hydroxylation is 1. The van der Waals surface area contributed by atoms with Gasteiger partial charge in [0.05, 0.1) is 5.56 Å². The number of aromatic carboxylic acids is 1. The fraction of sp³-hybridized carbons (Fsp3) is 0.125. The summed E-state index contributed by atoms with van der Waals surface area (Å²) in [6, 6.07) is 6.92. The summed E-state index contributed by atoms with van der Waals surface area (Å²) in [4.78, 5) is 10.4. The predicted octanol–water partition coefficient (Wildman–Crippen LogP) is 1.31. The summed E-state index contributed by atoms with van der Waals surface area (Å²) < 4.78 is 0. The molecule has 0 aliphatic rings. The first-order valence-corrected chi connectivity index (χ1v) is 3.01. The Hall–Kier alpha value is -0.440. The molecule has 1 N–H and O–H groups in total. The largest absolute Gasteiger partial charge is 0.478 e. The van der Waals surface area contributed by atoms with Crippen molar-refractivity contribution in [3.8, 4) is 0 Å². The normalized spacial score (nSPS) is 8.45. The Labute approximate surface area is 84.0 Å². The van der Waals surface area contributed by atoms with Crippen LogP contribution < -0.4 is 0 Å². The van der Waals surface area contributed by atoms with Crippen molar-refractivity contribution < 1.29 is 9.90 Å². The predicted molar refractivity (Wildman–Crippen MR) is 43.9 cm³/mol. The molecule has 0 amide bonds.